The van der Waals surface area contributed by atoms with Crippen molar-refractivity contribution in [2.24, 2.45) is 5.92 Å². The first-order valence-corrected chi connectivity index (χ1v) is 13.0. The third-order valence-electron chi connectivity index (χ3n) is 4.86. The van der Waals surface area contributed by atoms with Gasteiger partial charge >= 0.3 is 0 Å². The molecule has 0 aliphatic carbocycles. The zero-order valence-corrected chi connectivity index (χ0v) is 20.2. The first kappa shape index (κ1) is 24.2. The second-order valence-corrected chi connectivity index (χ2v) is 10.8. The maximum Gasteiger partial charge on any atom is 0.264 e. The fourth-order valence-electron chi connectivity index (χ4n) is 3.39. The number of ether oxygens (including phenoxy) is 1. The van der Waals surface area contributed by atoms with Crippen molar-refractivity contribution in [2.45, 2.75) is 37.8 Å². The maximum absolute atomic E-state index is 13.2. The average Bonchev–Trinajstić information content (AvgIpc) is 3.41. The van der Waals surface area contributed by atoms with E-state index in [4.69, 9.17) is 4.74 Å². The number of hydrogen-bond donors (Lipinski definition) is 0. The van der Waals surface area contributed by atoms with Crippen molar-refractivity contribution in [1.29, 1.82) is 0 Å². The van der Waals surface area contributed by atoms with Crippen molar-refractivity contribution in [1.82, 2.24) is 14.5 Å². The molecule has 0 aliphatic rings. The quantitative estimate of drug-likeness (QED) is 0.421. The molecule has 0 fully saturated rings. The average molecular weight is 476 g/mol. The number of thiophene rings is 1. The van der Waals surface area contributed by atoms with E-state index >= 15 is 0 Å². The molecule has 0 atom stereocenters. The lowest BCUT2D eigenvalue weighted by Crippen LogP contribution is -2.34. The van der Waals surface area contributed by atoms with E-state index < -0.39 is 9.84 Å². The van der Waals surface area contributed by atoms with E-state index in [0.717, 1.165) is 0 Å². The fraction of sp³-hybridized carbons (Fsp3) is 0.391. The van der Waals surface area contributed by atoms with Gasteiger partial charge in [-0.3, -0.25) is 4.79 Å². The summed E-state index contributed by atoms with van der Waals surface area (Å²) in [6.45, 7) is 5.57. The molecule has 2 heterocycles. The molecule has 2 aromatic heterocycles. The second kappa shape index (κ2) is 10.9. The van der Waals surface area contributed by atoms with Gasteiger partial charge < -0.3 is 14.2 Å². The number of benzene rings is 1. The molecule has 32 heavy (non-hydrogen) atoms. The number of aromatic nitrogens is 2. The van der Waals surface area contributed by atoms with E-state index in [9.17, 15) is 13.2 Å². The predicted octanol–water partition coefficient (Wildman–Crippen LogP) is 3.86. The summed E-state index contributed by atoms with van der Waals surface area (Å²) in [5, 5.41) is 1.90. The Morgan fingerprint density at radius 1 is 1.19 bits per heavy atom. The zero-order valence-electron chi connectivity index (χ0n) is 18.6. The monoisotopic (exact) mass is 475 g/mol. The molecule has 0 N–H and O–H groups in total. The Kier molecular flexibility index (Phi) is 8.22. The van der Waals surface area contributed by atoms with Crippen LogP contribution in [-0.4, -0.2) is 49.0 Å². The van der Waals surface area contributed by atoms with Gasteiger partial charge in [-0.2, -0.15) is 0 Å². The minimum Gasteiger partial charge on any atom is -0.383 e. The normalized spacial score (nSPS) is 11.8. The van der Waals surface area contributed by atoms with E-state index in [-0.39, 0.29) is 29.3 Å². The van der Waals surface area contributed by atoms with Crippen LogP contribution in [0, 0.1) is 5.92 Å². The molecule has 3 rings (SSSR count). The molecule has 1 aromatic carbocycles. The number of sulfone groups is 1. The summed E-state index contributed by atoms with van der Waals surface area (Å²) in [6, 6.07) is 12.7. The third-order valence-corrected chi connectivity index (χ3v) is 7.32. The lowest BCUT2D eigenvalue weighted by atomic mass is 10.2. The number of carbonyl (C=O) groups excluding carboxylic acids is 1. The smallest absolute Gasteiger partial charge is 0.264 e. The molecule has 3 aromatic rings. The molecule has 0 radical (unpaired) electrons. The number of methoxy groups -OCH3 is 1. The topological polar surface area (TPSA) is 81.5 Å². The summed E-state index contributed by atoms with van der Waals surface area (Å²) in [5.41, 5.74) is 1.40. The number of nitrogens with zero attached hydrogens (tertiary/aromatic N) is 3. The second-order valence-electron chi connectivity index (χ2n) is 7.98. The highest BCUT2D eigenvalue weighted by Crippen LogP contribution is 2.21. The third kappa shape index (κ3) is 6.05. The molecule has 0 saturated heterocycles. The van der Waals surface area contributed by atoms with Gasteiger partial charge in [0.05, 0.1) is 35.7 Å². The number of imidazole rings is 1. The van der Waals surface area contributed by atoms with Gasteiger partial charge in [0.2, 0.25) is 15.0 Å². The van der Waals surface area contributed by atoms with Crippen LogP contribution in [0.2, 0.25) is 0 Å². The number of carbonyl (C=O) groups is 1. The van der Waals surface area contributed by atoms with Crippen molar-refractivity contribution in [2.75, 3.05) is 20.3 Å². The lowest BCUT2D eigenvalue weighted by Gasteiger charge is -2.23. The van der Waals surface area contributed by atoms with Gasteiger partial charge in [0, 0.05) is 20.2 Å². The van der Waals surface area contributed by atoms with Crippen LogP contribution in [0.25, 0.3) is 0 Å². The highest BCUT2D eigenvalue weighted by Gasteiger charge is 2.26. The molecule has 1 amide bonds. The van der Waals surface area contributed by atoms with E-state index in [0.29, 0.717) is 35.8 Å². The van der Waals surface area contributed by atoms with Crippen molar-refractivity contribution >= 4 is 27.1 Å². The van der Waals surface area contributed by atoms with Crippen LogP contribution in [0.15, 0.2) is 59.2 Å². The van der Waals surface area contributed by atoms with Crippen LogP contribution in [0.5, 0.6) is 0 Å². The van der Waals surface area contributed by atoms with Gasteiger partial charge in [-0.1, -0.05) is 50.2 Å². The molecule has 0 aliphatic heterocycles. The van der Waals surface area contributed by atoms with Gasteiger partial charge in [-0.05, 0) is 22.9 Å². The number of amides is 1. The van der Waals surface area contributed by atoms with Gasteiger partial charge in [-0.25, -0.2) is 13.4 Å². The van der Waals surface area contributed by atoms with Gasteiger partial charge in [0.25, 0.3) is 5.91 Å². The first-order chi connectivity index (χ1) is 15.3. The SMILES string of the molecule is COCCN(Cc1cnc(S(=O)(=O)Cc2ccccc2)n1CC(C)C)C(=O)c1cccs1. The van der Waals surface area contributed by atoms with Crippen LogP contribution < -0.4 is 0 Å². The fourth-order valence-corrected chi connectivity index (χ4v) is 5.58. The Labute approximate surface area is 193 Å². The van der Waals surface area contributed by atoms with Crippen LogP contribution >= 0.6 is 11.3 Å². The molecular weight excluding hydrogens is 446 g/mol. The number of rotatable bonds is 11. The van der Waals surface area contributed by atoms with Crippen LogP contribution in [0.3, 0.4) is 0 Å². The highest BCUT2D eigenvalue weighted by atomic mass is 32.2. The Morgan fingerprint density at radius 2 is 1.94 bits per heavy atom. The van der Waals surface area contributed by atoms with Crippen molar-refractivity contribution in [3.63, 3.8) is 0 Å². The van der Waals surface area contributed by atoms with E-state index in [1.54, 1.807) is 41.0 Å². The Bertz CT molecular complexity index is 1110. The van der Waals surface area contributed by atoms with Crippen LogP contribution in [0.4, 0.5) is 0 Å². The molecule has 0 saturated carbocycles. The zero-order chi connectivity index (χ0) is 23.1. The van der Waals surface area contributed by atoms with E-state index in [1.807, 2.05) is 43.5 Å². The highest BCUT2D eigenvalue weighted by molar-refractivity contribution is 7.90. The van der Waals surface area contributed by atoms with Crippen molar-refractivity contribution in [3.05, 3.63) is 70.2 Å². The standard InChI is InChI=1S/C23H29N3O4S2/c1-18(2)15-26-20(16-25(11-12-30-3)22(27)21-10-7-13-31-21)14-24-23(26)32(28,29)17-19-8-5-4-6-9-19/h4-10,13-14,18H,11-12,15-17H2,1-3H3. The summed E-state index contributed by atoms with van der Waals surface area (Å²) >= 11 is 1.38. The summed E-state index contributed by atoms with van der Waals surface area (Å²) in [4.78, 5) is 19.6. The maximum atomic E-state index is 13.2. The Balaban J connectivity index is 1.93. The first-order valence-electron chi connectivity index (χ1n) is 10.4. The minimum absolute atomic E-state index is 0.0420. The summed E-state index contributed by atoms with van der Waals surface area (Å²) < 4.78 is 33.4. The van der Waals surface area contributed by atoms with Gasteiger partial charge in [0.15, 0.2) is 0 Å². The molecule has 0 unspecified atom stereocenters. The van der Waals surface area contributed by atoms with Crippen LogP contribution in [0.1, 0.15) is 34.8 Å². The Hall–Kier alpha value is -2.49. The van der Waals surface area contributed by atoms with Crippen LogP contribution in [-0.2, 0) is 33.4 Å². The van der Waals surface area contributed by atoms with Gasteiger partial charge in [0.1, 0.15) is 0 Å². The molecule has 7 nitrogen and oxygen atoms in total. The van der Waals surface area contributed by atoms with Crippen molar-refractivity contribution in [3.8, 4) is 0 Å². The van der Waals surface area contributed by atoms with E-state index in [1.165, 1.54) is 11.3 Å². The summed E-state index contributed by atoms with van der Waals surface area (Å²) in [6.07, 6.45) is 1.57. The Morgan fingerprint density at radius 3 is 2.56 bits per heavy atom. The van der Waals surface area contributed by atoms with E-state index in [2.05, 4.69) is 4.98 Å². The molecule has 9 heteroatoms. The lowest BCUT2D eigenvalue weighted by molar-refractivity contribution is 0.0680. The summed E-state index contributed by atoms with van der Waals surface area (Å²) in [5.74, 6) is -0.0266. The predicted molar refractivity (Wildman–Crippen MR) is 125 cm³/mol. The summed E-state index contributed by atoms with van der Waals surface area (Å²) in [7, 11) is -2.07. The molecular formula is C23H29N3O4S2. The van der Waals surface area contributed by atoms with Gasteiger partial charge in [-0.15, -0.1) is 11.3 Å². The van der Waals surface area contributed by atoms with Crippen molar-refractivity contribution < 1.29 is 17.9 Å². The number of hydrogen-bond acceptors (Lipinski definition) is 6. The molecule has 0 bridgehead atoms. The molecule has 0 spiro atoms. The minimum atomic E-state index is -3.66. The largest absolute Gasteiger partial charge is 0.383 e. The molecule has 172 valence electrons.